The van der Waals surface area contributed by atoms with E-state index in [1.54, 1.807) is 63.4 Å². The van der Waals surface area contributed by atoms with Crippen molar-refractivity contribution in [1.82, 2.24) is 99.6 Å². The number of para-hydroxylation sites is 1. The lowest BCUT2D eigenvalue weighted by atomic mass is 10.0. The Hall–Kier alpha value is -12.6. The molecule has 2 fully saturated rings. The van der Waals surface area contributed by atoms with Crippen molar-refractivity contribution < 1.29 is 106 Å². The summed E-state index contributed by atoms with van der Waals surface area (Å²) in [5.74, 6) is -14.4. The number of aromatic nitrogens is 3. The lowest BCUT2D eigenvalue weighted by molar-refractivity contribution is -0.143. The highest BCUT2D eigenvalue weighted by Crippen LogP contribution is 2.24. The van der Waals surface area contributed by atoms with Crippen LogP contribution in [0.3, 0.4) is 0 Å². The Labute approximate surface area is 797 Å². The molecule has 25 N–H and O–H groups in total. The first-order chi connectivity index (χ1) is 65.7. The molecule has 4 aromatic rings. The summed E-state index contributed by atoms with van der Waals surface area (Å²) in [6.07, 6.45) is 14.3. The summed E-state index contributed by atoms with van der Waals surface area (Å²) >= 11 is 0. The number of rotatable bonds is 57. The van der Waals surface area contributed by atoms with Crippen LogP contribution < -0.4 is 91.2 Å². The van der Waals surface area contributed by atoms with Crippen LogP contribution in [0.5, 0.6) is 0 Å². The van der Waals surface area contributed by atoms with Crippen molar-refractivity contribution in [1.29, 1.82) is 5.41 Å². The molecule has 4 heterocycles. The molecule has 0 aliphatic carbocycles. The molecule has 2 aliphatic heterocycles. The molecule has 0 saturated carbocycles. The van der Waals surface area contributed by atoms with E-state index >= 15 is 19.2 Å². The number of ketones is 1. The number of aromatic amines is 2. The van der Waals surface area contributed by atoms with E-state index in [9.17, 15) is 72.5 Å². The third-order valence-electron chi connectivity index (χ3n) is 23.2. The van der Waals surface area contributed by atoms with E-state index in [0.29, 0.717) is 24.0 Å². The zero-order valence-electron chi connectivity index (χ0n) is 79.1. The molecule has 2 aliphatic rings. The van der Waals surface area contributed by atoms with E-state index in [1.165, 1.54) is 25.9 Å². The number of aliphatic hydroxyl groups is 2. The van der Waals surface area contributed by atoms with Crippen molar-refractivity contribution in [2.75, 3.05) is 72.3 Å². The number of hydrogen-bond acceptors (Lipinski definition) is 24. The lowest BCUT2D eigenvalue weighted by Crippen LogP contribution is -2.62. The Balaban J connectivity index is 1.13. The van der Waals surface area contributed by atoms with Gasteiger partial charge >= 0.3 is 5.97 Å². The van der Waals surface area contributed by atoms with E-state index in [0.717, 1.165) is 86.4 Å². The van der Waals surface area contributed by atoms with Crippen molar-refractivity contribution in [3.05, 3.63) is 90.1 Å². The number of hydrogen-bond donors (Lipinski definition) is 23. The van der Waals surface area contributed by atoms with Crippen LogP contribution in [0.15, 0.2) is 73.3 Å². The van der Waals surface area contributed by atoms with Crippen LogP contribution in [-0.2, 0) is 110 Å². The zero-order chi connectivity index (χ0) is 100.0. The van der Waals surface area contributed by atoms with Gasteiger partial charge < -0.3 is 131 Å². The molecule has 12 atom stereocenters. The molecule has 2 aromatic carbocycles. The molecule has 0 bridgehead atoms. The SMILES string of the molecule is CCCC[C@H](NC(=O)[C@H](CNC(C)C)NC(=O)[C@H](Cc1c[nH]cn1)NC(=O)[C@H](CCC(N)=O)NC(=O)[C@H](CO)NC(=O)CNC(=O)COCCOCCNC(=O)CCCCCCCCCCCCCCC(=O)O)C(=O)N[C@H]1CCC(=O)NCCCC[C@@H](C(C)=O)NC(=O)[C@H](Cc2c[nH]c3ccccc23)NC(=O)[C@H](CCCNC(=N)N)NC(=O)[C@@H](Cc2ccccc2)NC(=O)[C@@H]2C[C@@H](O)CN2C1=O. The molecular formula is C93H144N22O22. The second-order valence-electron chi connectivity index (χ2n) is 34.9. The molecule has 758 valence electrons. The maximum absolute atomic E-state index is 15.5. The number of carbonyl (C=O) groups excluding carboxylic acids is 16. The monoisotopic (exact) mass is 1920 g/mol. The second kappa shape index (κ2) is 63.0. The summed E-state index contributed by atoms with van der Waals surface area (Å²) in [4.78, 5) is 248. The maximum Gasteiger partial charge on any atom is 0.303 e. The Morgan fingerprint density at radius 2 is 1.20 bits per heavy atom. The molecule has 0 radical (unpaired) electrons. The van der Waals surface area contributed by atoms with Gasteiger partial charge in [-0.3, -0.25) is 86.9 Å². The van der Waals surface area contributed by atoms with Crippen LogP contribution in [0.1, 0.15) is 218 Å². The van der Waals surface area contributed by atoms with Gasteiger partial charge in [-0.15, -0.1) is 0 Å². The van der Waals surface area contributed by atoms with Gasteiger partial charge in [0.15, 0.2) is 11.7 Å². The maximum atomic E-state index is 15.5. The molecule has 6 rings (SSSR count). The highest BCUT2D eigenvalue weighted by atomic mass is 16.5. The van der Waals surface area contributed by atoms with E-state index in [2.05, 4.69) is 94.7 Å². The Kier molecular flexibility index (Phi) is 52.0. The highest BCUT2D eigenvalue weighted by molar-refractivity contribution is 6.01. The van der Waals surface area contributed by atoms with Gasteiger partial charge in [0, 0.05) is 113 Å². The average Bonchev–Trinajstić information content (AvgIpc) is 1.68. The number of carboxylic acid groups (broad SMARTS) is 1. The number of carbonyl (C=O) groups is 17. The van der Waals surface area contributed by atoms with E-state index in [1.807, 2.05) is 18.2 Å². The number of nitrogens with zero attached hydrogens (tertiary/aromatic N) is 2. The van der Waals surface area contributed by atoms with Gasteiger partial charge in [0.1, 0.15) is 67.0 Å². The smallest absolute Gasteiger partial charge is 0.303 e. The fourth-order valence-corrected chi connectivity index (χ4v) is 15.6. The fraction of sp³-hybridized carbons (Fsp3) is 0.624. The normalized spacial score (nSPS) is 18.7. The lowest BCUT2D eigenvalue weighted by Gasteiger charge is -2.31. The number of primary amides is 1. The summed E-state index contributed by atoms with van der Waals surface area (Å²) in [5.41, 5.74) is 13.2. The van der Waals surface area contributed by atoms with Crippen molar-refractivity contribution in [2.45, 2.75) is 299 Å². The summed E-state index contributed by atoms with van der Waals surface area (Å²) in [6, 6.07) is -1.46. The summed E-state index contributed by atoms with van der Waals surface area (Å²) in [7, 11) is 0. The van der Waals surface area contributed by atoms with Gasteiger partial charge in [0.2, 0.25) is 88.6 Å². The molecule has 0 spiro atoms. The number of carboxylic acids is 1. The van der Waals surface area contributed by atoms with Crippen molar-refractivity contribution in [3.63, 3.8) is 0 Å². The number of unbranched alkanes of at least 4 members (excludes halogenated alkanes) is 12. The summed E-state index contributed by atoms with van der Waals surface area (Å²) < 4.78 is 10.8. The third kappa shape index (κ3) is 44.0. The largest absolute Gasteiger partial charge is 0.481 e. The van der Waals surface area contributed by atoms with Crippen LogP contribution in [0.4, 0.5) is 0 Å². The van der Waals surface area contributed by atoms with Gasteiger partial charge in [0.25, 0.3) is 0 Å². The van der Waals surface area contributed by atoms with E-state index in [-0.39, 0.29) is 140 Å². The highest BCUT2D eigenvalue weighted by Gasteiger charge is 2.44. The standard InChI is InChI=1S/C93H144N22O22/c1-5-6-30-67(83(126)110-70-37-39-79(121)98-40-25-24-31-65(59(4)117)106-87(130)72(47-61-50-102-66-32-23-22-29-64(61)66)111-84(127)68(33-26-41-100-93(95)96)107-86(129)71(46-60-27-18-17-19-28-60)113-91(134)76-49-63(118)54-115(76)92(70)135)108-89(132)74(52-101-58(2)3)114-88(131)73(48-62-51-97-57-104-62)112-85(128)69(36-38-77(94)119)109-90(133)75(55-116)105-80(122)53-103-81(123)56-137-45-44-136-43-42-99-78(120)34-20-15-13-11-9-7-8-10-12-14-16-21-35-82(124)125/h17-19,22-23,27-29,32,50-51,57-58,63,65,67-76,101-102,116,118H,5-16,20-21,24-26,30-31,33-49,52-56H2,1-4H3,(H2,94,119)(H,97,104)(H,98,121)(H,99,120)(H,103,123)(H,105,122)(H,106,130)(H,107,129)(H,108,132)(H,109,133)(H,110,126)(H,111,127)(H,112,128)(H,113,134)(H,114,131)(H,124,125)(H4,95,96,100)/t63-,65+,67+,68+,69+,70+,71-,72+,73+,74+,75+,76+/m1/s1. The van der Waals surface area contributed by atoms with Crippen LogP contribution in [-0.4, -0.2) is 292 Å². The number of aliphatic carboxylic acids is 1. The number of nitrogens with two attached hydrogens (primary N) is 2. The first-order valence-electron chi connectivity index (χ1n) is 47.7. The van der Waals surface area contributed by atoms with Crippen LogP contribution in [0.25, 0.3) is 10.9 Å². The van der Waals surface area contributed by atoms with Crippen molar-refractivity contribution in [2.24, 2.45) is 11.5 Å². The number of amides is 15. The summed E-state index contributed by atoms with van der Waals surface area (Å²) in [5, 5.41) is 79.1. The second-order valence-corrected chi connectivity index (χ2v) is 34.9. The molecule has 137 heavy (non-hydrogen) atoms. The van der Waals surface area contributed by atoms with Gasteiger partial charge in [-0.05, 0) is 88.3 Å². The minimum absolute atomic E-state index is 0.0177. The van der Waals surface area contributed by atoms with Gasteiger partial charge in [-0.2, -0.15) is 0 Å². The molecule has 2 aromatic heterocycles. The number of aliphatic hydroxyl groups excluding tert-OH is 2. The Morgan fingerprint density at radius 1 is 0.599 bits per heavy atom. The van der Waals surface area contributed by atoms with Crippen LogP contribution in [0.2, 0.25) is 0 Å². The topological polar surface area (TPSA) is 673 Å². The number of nitrogens with one attached hydrogen (secondary N) is 18. The zero-order valence-corrected chi connectivity index (χ0v) is 79.1. The molecule has 44 nitrogen and oxygen atoms in total. The number of benzene rings is 2. The van der Waals surface area contributed by atoms with Crippen molar-refractivity contribution >= 4 is 117 Å². The molecule has 44 heteroatoms. The first-order valence-corrected chi connectivity index (χ1v) is 47.7. The van der Waals surface area contributed by atoms with Crippen LogP contribution >= 0.6 is 0 Å². The number of imidazole rings is 1. The number of fused-ring (bicyclic) bond motifs is 2. The summed E-state index contributed by atoms with van der Waals surface area (Å²) in [6.45, 7) is 4.12. The average molecular weight is 1920 g/mol. The Bertz CT molecular complexity index is 4540. The quantitative estimate of drug-likeness (QED) is 0.0142. The Morgan fingerprint density at radius 3 is 1.86 bits per heavy atom. The van der Waals surface area contributed by atoms with Gasteiger partial charge in [-0.1, -0.05) is 146 Å². The molecular weight excluding hydrogens is 1780 g/mol. The third-order valence-corrected chi connectivity index (χ3v) is 23.2. The fourth-order valence-electron chi connectivity index (χ4n) is 15.6. The number of ether oxygens (including phenoxy) is 2. The van der Waals surface area contributed by atoms with Crippen molar-refractivity contribution in [3.8, 4) is 0 Å². The predicted octanol–water partition coefficient (Wildman–Crippen LogP) is -1.08. The minimum Gasteiger partial charge on any atom is -0.481 e. The van der Waals surface area contributed by atoms with E-state index in [4.69, 9.17) is 31.5 Å². The van der Waals surface area contributed by atoms with Gasteiger partial charge in [0.05, 0.1) is 57.1 Å². The molecule has 0 unspecified atom stereocenters. The predicted molar refractivity (Wildman–Crippen MR) is 504 cm³/mol. The number of H-pyrrole nitrogens is 2. The number of guanidine groups is 1. The van der Waals surface area contributed by atoms with Gasteiger partial charge in [-0.25, -0.2) is 4.98 Å². The number of Topliss-reactive ketones (excluding diaryl/α,β-unsaturated/α-hetero) is 1. The van der Waals surface area contributed by atoms with E-state index < -0.39 is 225 Å². The minimum atomic E-state index is -1.76. The molecule has 2 saturated heterocycles. The van der Waals surface area contributed by atoms with Crippen LogP contribution in [0, 0.1) is 5.41 Å². The first kappa shape index (κ1) is 113. The molecule has 15 amide bonds.